The number of nitrogens with one attached hydrogen (secondary N) is 2. The molecule has 3 aromatic rings. The van der Waals surface area contributed by atoms with Gasteiger partial charge >= 0.3 is 0 Å². The highest BCUT2D eigenvalue weighted by Gasteiger charge is 2.08. The molecule has 0 aliphatic rings. The predicted molar refractivity (Wildman–Crippen MR) is 98.9 cm³/mol. The topological polar surface area (TPSA) is 90.4 Å². The minimum absolute atomic E-state index is 0.363. The first kappa shape index (κ1) is 17.3. The average molecular weight is 353 g/mol. The normalized spacial score (nSPS) is 10.1. The van der Waals surface area contributed by atoms with Gasteiger partial charge in [-0.15, -0.1) is 5.10 Å². The van der Waals surface area contributed by atoms with E-state index in [0.717, 1.165) is 11.4 Å². The lowest BCUT2D eigenvalue weighted by atomic mass is 10.2. The van der Waals surface area contributed by atoms with Crippen LogP contribution in [0.1, 0.15) is 0 Å². The lowest BCUT2D eigenvalue weighted by Crippen LogP contribution is -2.03. The molecule has 3 rings (SSSR count). The van der Waals surface area contributed by atoms with Gasteiger partial charge in [-0.3, -0.25) is 0 Å². The number of ether oxygens (including phenoxy) is 3. The standard InChI is InChI=1S/C18H19N5O3/c1-24-13-6-4-12(5-7-13)20-18-22-17(11-19-23-18)21-15-10-14(25-2)8-9-16(15)26-3/h4-11H,1-3H3,(H2,20,21,22,23). The first-order chi connectivity index (χ1) is 12.7. The summed E-state index contributed by atoms with van der Waals surface area (Å²) in [6.45, 7) is 0. The van der Waals surface area contributed by atoms with Crippen LogP contribution in [-0.4, -0.2) is 36.5 Å². The molecule has 0 spiro atoms. The summed E-state index contributed by atoms with van der Waals surface area (Å²) in [5, 5.41) is 14.2. The molecule has 2 aromatic carbocycles. The van der Waals surface area contributed by atoms with E-state index >= 15 is 0 Å². The molecule has 26 heavy (non-hydrogen) atoms. The summed E-state index contributed by atoms with van der Waals surface area (Å²) in [6.07, 6.45) is 1.53. The van der Waals surface area contributed by atoms with Gasteiger partial charge in [-0.05, 0) is 36.4 Å². The van der Waals surface area contributed by atoms with Gasteiger partial charge in [0.25, 0.3) is 0 Å². The molecule has 0 amide bonds. The third kappa shape index (κ3) is 4.10. The van der Waals surface area contributed by atoms with Gasteiger partial charge in [-0.25, -0.2) is 0 Å². The highest BCUT2D eigenvalue weighted by Crippen LogP contribution is 2.31. The third-order valence-electron chi connectivity index (χ3n) is 3.57. The largest absolute Gasteiger partial charge is 0.497 e. The lowest BCUT2D eigenvalue weighted by molar-refractivity contribution is 0.405. The molecule has 1 heterocycles. The summed E-state index contributed by atoms with van der Waals surface area (Å²) in [5.41, 5.74) is 1.53. The Morgan fingerprint density at radius 3 is 2.23 bits per heavy atom. The van der Waals surface area contributed by atoms with Crippen LogP contribution in [0.15, 0.2) is 48.7 Å². The Balaban J connectivity index is 1.79. The second-order valence-corrected chi connectivity index (χ2v) is 5.21. The molecule has 2 N–H and O–H groups in total. The van der Waals surface area contributed by atoms with Crippen LogP contribution < -0.4 is 24.8 Å². The van der Waals surface area contributed by atoms with E-state index in [-0.39, 0.29) is 0 Å². The van der Waals surface area contributed by atoms with E-state index in [4.69, 9.17) is 14.2 Å². The van der Waals surface area contributed by atoms with Gasteiger partial charge < -0.3 is 24.8 Å². The van der Waals surface area contributed by atoms with Crippen molar-refractivity contribution in [3.05, 3.63) is 48.7 Å². The molecular weight excluding hydrogens is 334 g/mol. The molecular formula is C18H19N5O3. The predicted octanol–water partition coefficient (Wildman–Crippen LogP) is 3.38. The Morgan fingerprint density at radius 2 is 1.54 bits per heavy atom. The van der Waals surface area contributed by atoms with E-state index in [1.807, 2.05) is 42.5 Å². The van der Waals surface area contributed by atoms with E-state index in [2.05, 4.69) is 25.8 Å². The third-order valence-corrected chi connectivity index (χ3v) is 3.57. The summed E-state index contributed by atoms with van der Waals surface area (Å²) in [5.74, 6) is 3.01. The smallest absolute Gasteiger partial charge is 0.249 e. The fourth-order valence-electron chi connectivity index (χ4n) is 2.27. The van der Waals surface area contributed by atoms with E-state index in [1.165, 1.54) is 6.20 Å². The Morgan fingerprint density at radius 1 is 0.808 bits per heavy atom. The SMILES string of the molecule is COc1ccc(Nc2nncc(Nc3cc(OC)ccc3OC)n2)cc1. The van der Waals surface area contributed by atoms with Crippen LogP contribution in [0.4, 0.5) is 23.1 Å². The quantitative estimate of drug-likeness (QED) is 0.668. The lowest BCUT2D eigenvalue weighted by Gasteiger charge is -2.12. The van der Waals surface area contributed by atoms with Crippen molar-refractivity contribution >= 4 is 23.1 Å². The molecule has 8 heteroatoms. The zero-order chi connectivity index (χ0) is 18.4. The summed E-state index contributed by atoms with van der Waals surface area (Å²) in [6, 6.07) is 12.9. The van der Waals surface area contributed by atoms with Crippen molar-refractivity contribution in [2.45, 2.75) is 0 Å². The molecule has 0 aliphatic heterocycles. The molecule has 0 aliphatic carbocycles. The van der Waals surface area contributed by atoms with Crippen molar-refractivity contribution in [3.8, 4) is 17.2 Å². The van der Waals surface area contributed by atoms with Crippen LogP contribution in [0.5, 0.6) is 17.2 Å². The number of benzene rings is 2. The molecule has 0 atom stereocenters. The number of anilines is 4. The minimum atomic E-state index is 0.363. The molecule has 0 fully saturated rings. The molecule has 0 unspecified atom stereocenters. The van der Waals surface area contributed by atoms with Gasteiger partial charge in [0.05, 0.1) is 33.2 Å². The van der Waals surface area contributed by atoms with Gasteiger partial charge in [0, 0.05) is 11.8 Å². The molecule has 1 aromatic heterocycles. The van der Waals surface area contributed by atoms with E-state index in [9.17, 15) is 0 Å². The number of hydrogen-bond acceptors (Lipinski definition) is 8. The number of methoxy groups -OCH3 is 3. The second-order valence-electron chi connectivity index (χ2n) is 5.21. The Kier molecular flexibility index (Phi) is 5.33. The molecule has 0 radical (unpaired) electrons. The molecule has 134 valence electrons. The summed E-state index contributed by atoms with van der Waals surface area (Å²) in [7, 11) is 4.83. The zero-order valence-corrected chi connectivity index (χ0v) is 14.7. The Hall–Kier alpha value is -3.55. The summed E-state index contributed by atoms with van der Waals surface area (Å²) in [4.78, 5) is 4.41. The molecule has 0 saturated heterocycles. The first-order valence-corrected chi connectivity index (χ1v) is 7.81. The van der Waals surface area contributed by atoms with Gasteiger partial charge in [-0.1, -0.05) is 0 Å². The number of nitrogens with zero attached hydrogens (tertiary/aromatic N) is 3. The first-order valence-electron chi connectivity index (χ1n) is 7.81. The van der Waals surface area contributed by atoms with Crippen LogP contribution in [0, 0.1) is 0 Å². The highest BCUT2D eigenvalue weighted by molar-refractivity contribution is 5.66. The van der Waals surface area contributed by atoms with Gasteiger partial charge in [0.15, 0.2) is 5.82 Å². The van der Waals surface area contributed by atoms with Crippen molar-refractivity contribution in [2.24, 2.45) is 0 Å². The fourth-order valence-corrected chi connectivity index (χ4v) is 2.27. The number of hydrogen-bond donors (Lipinski definition) is 2. The summed E-state index contributed by atoms with van der Waals surface area (Å²) < 4.78 is 15.7. The molecule has 0 bridgehead atoms. The van der Waals surface area contributed by atoms with Crippen molar-refractivity contribution < 1.29 is 14.2 Å². The minimum Gasteiger partial charge on any atom is -0.497 e. The monoisotopic (exact) mass is 353 g/mol. The molecule has 8 nitrogen and oxygen atoms in total. The Labute approximate surface area is 151 Å². The number of aromatic nitrogens is 3. The van der Waals surface area contributed by atoms with Crippen molar-refractivity contribution in [3.63, 3.8) is 0 Å². The van der Waals surface area contributed by atoms with Gasteiger partial charge in [-0.2, -0.15) is 10.1 Å². The van der Waals surface area contributed by atoms with Crippen molar-refractivity contribution in [1.82, 2.24) is 15.2 Å². The van der Waals surface area contributed by atoms with E-state index in [1.54, 1.807) is 21.3 Å². The maximum atomic E-state index is 5.36. The van der Waals surface area contributed by atoms with Crippen LogP contribution in [0.25, 0.3) is 0 Å². The van der Waals surface area contributed by atoms with Crippen LogP contribution in [-0.2, 0) is 0 Å². The molecule has 0 saturated carbocycles. The van der Waals surface area contributed by atoms with Gasteiger partial charge in [0.2, 0.25) is 5.95 Å². The average Bonchev–Trinajstić information content (AvgIpc) is 2.69. The highest BCUT2D eigenvalue weighted by atomic mass is 16.5. The van der Waals surface area contributed by atoms with Crippen LogP contribution in [0.2, 0.25) is 0 Å². The van der Waals surface area contributed by atoms with Crippen molar-refractivity contribution in [1.29, 1.82) is 0 Å². The second kappa shape index (κ2) is 8.02. The van der Waals surface area contributed by atoms with E-state index < -0.39 is 0 Å². The zero-order valence-electron chi connectivity index (χ0n) is 14.7. The maximum Gasteiger partial charge on any atom is 0.249 e. The van der Waals surface area contributed by atoms with Crippen LogP contribution in [0.3, 0.4) is 0 Å². The maximum absolute atomic E-state index is 5.36. The fraction of sp³-hybridized carbons (Fsp3) is 0.167. The van der Waals surface area contributed by atoms with Gasteiger partial charge in [0.1, 0.15) is 17.2 Å². The van der Waals surface area contributed by atoms with Crippen molar-refractivity contribution in [2.75, 3.05) is 32.0 Å². The van der Waals surface area contributed by atoms with E-state index in [0.29, 0.717) is 29.0 Å². The van der Waals surface area contributed by atoms with Crippen LogP contribution >= 0.6 is 0 Å². The Bertz CT molecular complexity index is 871. The summed E-state index contributed by atoms with van der Waals surface area (Å²) >= 11 is 0. The number of rotatable bonds is 7.